The lowest BCUT2D eigenvalue weighted by atomic mass is 10.1. The van der Waals surface area contributed by atoms with Gasteiger partial charge in [-0.15, -0.1) is 24.0 Å². The Bertz CT molecular complexity index is 678. The summed E-state index contributed by atoms with van der Waals surface area (Å²) in [4.78, 5) is 12.2. The van der Waals surface area contributed by atoms with Gasteiger partial charge in [0.25, 0.3) is 0 Å². The van der Waals surface area contributed by atoms with E-state index in [0.29, 0.717) is 12.6 Å². The van der Waals surface area contributed by atoms with Gasteiger partial charge >= 0.3 is 0 Å². The molecule has 0 spiro atoms. The van der Waals surface area contributed by atoms with Crippen LogP contribution in [-0.4, -0.2) is 81.2 Å². The van der Waals surface area contributed by atoms with Crippen LogP contribution in [0.1, 0.15) is 32.3 Å². The number of anilines is 1. The lowest BCUT2D eigenvalue weighted by Crippen LogP contribution is -2.45. The van der Waals surface area contributed by atoms with Crippen molar-refractivity contribution >= 4 is 47.2 Å². The summed E-state index contributed by atoms with van der Waals surface area (Å²) in [5.41, 5.74) is 2.34. The highest BCUT2D eigenvalue weighted by atomic mass is 127. The van der Waals surface area contributed by atoms with Crippen molar-refractivity contribution in [2.24, 2.45) is 4.99 Å². The summed E-state index contributed by atoms with van der Waals surface area (Å²) in [6.07, 6.45) is 2.56. The lowest BCUT2D eigenvalue weighted by molar-refractivity contribution is 0.267. The third kappa shape index (κ3) is 6.87. The molecule has 1 aromatic rings. The van der Waals surface area contributed by atoms with Crippen LogP contribution in [0.5, 0.6) is 0 Å². The van der Waals surface area contributed by atoms with E-state index in [0.717, 1.165) is 62.4 Å². The second kappa shape index (κ2) is 12.9. The topological polar surface area (TPSA) is 46.1 Å². The Hall–Kier alpha value is -0.770. The molecule has 2 fully saturated rings. The second-order valence-electron chi connectivity index (χ2n) is 8.03. The van der Waals surface area contributed by atoms with E-state index in [4.69, 9.17) is 16.6 Å². The van der Waals surface area contributed by atoms with Crippen LogP contribution >= 0.6 is 35.6 Å². The maximum Gasteiger partial charge on any atom is 0.191 e. The van der Waals surface area contributed by atoms with Gasteiger partial charge in [0.05, 0.1) is 6.54 Å². The summed E-state index contributed by atoms with van der Waals surface area (Å²) in [5.74, 6) is 0.875. The molecule has 30 heavy (non-hydrogen) atoms. The Balaban J connectivity index is 0.00000320. The van der Waals surface area contributed by atoms with E-state index >= 15 is 0 Å². The van der Waals surface area contributed by atoms with Gasteiger partial charge in [-0.25, -0.2) is 4.99 Å². The average Bonchev–Trinajstić information content (AvgIpc) is 3.19. The average molecular weight is 549 g/mol. The minimum Gasteiger partial charge on any atom is -0.369 e. The molecule has 2 N–H and O–H groups in total. The number of aliphatic imine (C=N–C) groups is 1. The van der Waals surface area contributed by atoms with Crippen molar-refractivity contribution < 1.29 is 0 Å². The van der Waals surface area contributed by atoms with Gasteiger partial charge in [0.2, 0.25) is 0 Å². The molecule has 0 aromatic heterocycles. The number of likely N-dealkylation sites (N-methyl/N-ethyl adjacent to an activating group) is 2. The van der Waals surface area contributed by atoms with Crippen LogP contribution in [0.15, 0.2) is 23.2 Å². The van der Waals surface area contributed by atoms with Crippen molar-refractivity contribution in [1.29, 1.82) is 0 Å². The third-order valence-electron chi connectivity index (χ3n) is 6.09. The molecule has 1 atom stereocenters. The van der Waals surface area contributed by atoms with Crippen molar-refractivity contribution in [3.05, 3.63) is 28.8 Å². The first kappa shape index (κ1) is 25.5. The largest absolute Gasteiger partial charge is 0.369 e. The Morgan fingerprint density at radius 1 is 1.13 bits per heavy atom. The van der Waals surface area contributed by atoms with Crippen LogP contribution in [0.4, 0.5) is 5.69 Å². The monoisotopic (exact) mass is 548 g/mol. The van der Waals surface area contributed by atoms with Crippen LogP contribution in [-0.2, 0) is 6.54 Å². The smallest absolute Gasteiger partial charge is 0.191 e. The molecule has 170 valence electrons. The van der Waals surface area contributed by atoms with E-state index in [1.165, 1.54) is 25.1 Å². The van der Waals surface area contributed by atoms with Crippen molar-refractivity contribution in [1.82, 2.24) is 20.4 Å². The van der Waals surface area contributed by atoms with Crippen LogP contribution < -0.4 is 15.5 Å². The van der Waals surface area contributed by atoms with Crippen molar-refractivity contribution in [3.8, 4) is 0 Å². The van der Waals surface area contributed by atoms with Crippen LogP contribution in [0, 0.1) is 0 Å². The second-order valence-corrected chi connectivity index (χ2v) is 8.44. The number of guanidine groups is 1. The molecule has 2 heterocycles. The summed E-state index contributed by atoms with van der Waals surface area (Å²) >= 11 is 6.60. The summed E-state index contributed by atoms with van der Waals surface area (Å²) in [6.45, 7) is 13.3. The number of likely N-dealkylation sites (tertiary alicyclic amines) is 1. The van der Waals surface area contributed by atoms with Crippen molar-refractivity contribution in [3.63, 3.8) is 0 Å². The predicted molar refractivity (Wildman–Crippen MR) is 140 cm³/mol. The minimum absolute atomic E-state index is 0. The molecule has 0 bridgehead atoms. The normalized spacial score (nSPS) is 20.9. The summed E-state index contributed by atoms with van der Waals surface area (Å²) in [5, 5.41) is 7.75. The van der Waals surface area contributed by atoms with E-state index in [-0.39, 0.29) is 24.0 Å². The third-order valence-corrected chi connectivity index (χ3v) is 6.44. The molecule has 2 saturated heterocycles. The molecule has 2 aliphatic rings. The van der Waals surface area contributed by atoms with Crippen LogP contribution in [0.2, 0.25) is 5.02 Å². The van der Waals surface area contributed by atoms with Crippen molar-refractivity contribution in [2.75, 3.05) is 64.3 Å². The first-order chi connectivity index (χ1) is 14.1. The fraction of sp³-hybridized carbons (Fsp3) is 0.682. The highest BCUT2D eigenvalue weighted by molar-refractivity contribution is 14.0. The van der Waals surface area contributed by atoms with Gasteiger partial charge in [0.1, 0.15) is 0 Å². The van der Waals surface area contributed by atoms with Gasteiger partial charge in [-0.05, 0) is 52.0 Å². The van der Waals surface area contributed by atoms with E-state index in [2.05, 4.69) is 52.3 Å². The first-order valence-corrected chi connectivity index (χ1v) is 11.5. The Morgan fingerprint density at radius 2 is 1.90 bits per heavy atom. The van der Waals surface area contributed by atoms with Crippen LogP contribution in [0.3, 0.4) is 0 Å². The standard InChI is InChI=1S/C22H37ClN6.HI/c1-4-24-22(25-16-18-8-7-11-28(18)5-2)26-17-19-20(23)9-6-10-21(19)29-14-12-27(3)13-15-29;/h6,9-10,18H,4-5,7-8,11-17H2,1-3H3,(H2,24,25,26);1H. The quantitative estimate of drug-likeness (QED) is 0.311. The zero-order valence-electron chi connectivity index (χ0n) is 18.7. The number of benzene rings is 1. The van der Waals surface area contributed by atoms with Gasteiger partial charge in [0.15, 0.2) is 5.96 Å². The molecule has 1 aromatic carbocycles. The van der Waals surface area contributed by atoms with E-state index in [1.54, 1.807) is 0 Å². The molecule has 0 amide bonds. The maximum atomic E-state index is 6.60. The number of nitrogens with zero attached hydrogens (tertiary/aromatic N) is 4. The fourth-order valence-corrected chi connectivity index (χ4v) is 4.53. The predicted octanol–water partition coefficient (Wildman–Crippen LogP) is 3.25. The minimum atomic E-state index is 0. The molecular weight excluding hydrogens is 511 g/mol. The SMILES string of the molecule is CCNC(=NCc1c(Cl)cccc1N1CCN(C)CC1)NCC1CCCN1CC.I. The summed E-state index contributed by atoms with van der Waals surface area (Å²) in [6, 6.07) is 6.81. The lowest BCUT2D eigenvalue weighted by Gasteiger charge is -2.35. The molecule has 8 heteroatoms. The number of halogens is 2. The van der Waals surface area contributed by atoms with Gasteiger partial charge < -0.3 is 20.4 Å². The van der Waals surface area contributed by atoms with Gasteiger partial charge in [-0.1, -0.05) is 24.6 Å². The molecule has 1 unspecified atom stereocenters. The first-order valence-electron chi connectivity index (χ1n) is 11.1. The highest BCUT2D eigenvalue weighted by Crippen LogP contribution is 2.29. The van der Waals surface area contributed by atoms with E-state index in [1.807, 2.05) is 12.1 Å². The number of hydrogen-bond acceptors (Lipinski definition) is 4. The molecule has 0 radical (unpaired) electrons. The fourth-order valence-electron chi connectivity index (χ4n) is 4.30. The molecule has 0 saturated carbocycles. The highest BCUT2D eigenvalue weighted by Gasteiger charge is 2.23. The van der Waals surface area contributed by atoms with Crippen LogP contribution in [0.25, 0.3) is 0 Å². The summed E-state index contributed by atoms with van der Waals surface area (Å²) < 4.78 is 0. The number of piperazine rings is 1. The van der Waals surface area contributed by atoms with Gasteiger partial charge in [-0.2, -0.15) is 0 Å². The Morgan fingerprint density at radius 3 is 2.60 bits per heavy atom. The Kier molecular flexibility index (Phi) is 11.0. The van der Waals surface area contributed by atoms with Gasteiger partial charge in [0, 0.05) is 61.6 Å². The van der Waals surface area contributed by atoms with Gasteiger partial charge in [-0.3, -0.25) is 4.90 Å². The Labute approximate surface area is 204 Å². The molecule has 2 aliphatic heterocycles. The van der Waals surface area contributed by atoms with E-state index in [9.17, 15) is 0 Å². The zero-order chi connectivity index (χ0) is 20.6. The summed E-state index contributed by atoms with van der Waals surface area (Å²) in [7, 11) is 2.18. The van der Waals surface area contributed by atoms with Crippen molar-refractivity contribution in [2.45, 2.75) is 39.3 Å². The van der Waals surface area contributed by atoms with E-state index < -0.39 is 0 Å². The molecular formula is C22H38ClIN6. The zero-order valence-corrected chi connectivity index (χ0v) is 21.7. The number of nitrogens with one attached hydrogen (secondary N) is 2. The maximum absolute atomic E-state index is 6.60. The number of rotatable bonds is 7. The molecule has 3 rings (SSSR count). The molecule has 6 nitrogen and oxygen atoms in total. The number of hydrogen-bond donors (Lipinski definition) is 2. The molecule has 0 aliphatic carbocycles.